The molecule has 2 aliphatic rings. The highest BCUT2D eigenvalue weighted by Gasteiger charge is 2.51. The number of rotatable bonds is 4. The van der Waals surface area contributed by atoms with Gasteiger partial charge in [-0.15, -0.1) is 5.06 Å². The Morgan fingerprint density at radius 2 is 1.77 bits per heavy atom. The van der Waals surface area contributed by atoms with E-state index < -0.39 is 7.12 Å². The second-order valence-electron chi connectivity index (χ2n) is 7.77. The third-order valence-corrected chi connectivity index (χ3v) is 5.38. The first kappa shape index (κ1) is 19.1. The van der Waals surface area contributed by atoms with Gasteiger partial charge in [-0.2, -0.15) is 0 Å². The van der Waals surface area contributed by atoms with Crippen LogP contribution in [0.2, 0.25) is 0 Å². The van der Waals surface area contributed by atoms with E-state index in [2.05, 4.69) is 9.88 Å². The van der Waals surface area contributed by atoms with E-state index in [0.29, 0.717) is 19.5 Å². The van der Waals surface area contributed by atoms with E-state index in [1.165, 1.54) is 0 Å². The van der Waals surface area contributed by atoms with Gasteiger partial charge >= 0.3 is 13.1 Å². The van der Waals surface area contributed by atoms with E-state index in [-0.39, 0.29) is 17.2 Å². The molecule has 0 aliphatic carbocycles. The molecular formula is C18H28BN3O4. The van der Waals surface area contributed by atoms with E-state index in [1.807, 2.05) is 46.0 Å². The van der Waals surface area contributed by atoms with Crippen LogP contribution in [0.15, 0.2) is 18.3 Å². The van der Waals surface area contributed by atoms with Gasteiger partial charge in [-0.25, -0.2) is 4.98 Å². The maximum Gasteiger partial charge on any atom is 0.496 e. The quantitative estimate of drug-likeness (QED) is 0.751. The van der Waals surface area contributed by atoms with Crippen LogP contribution in [0.3, 0.4) is 0 Å². The Bertz CT molecular complexity index is 626. The van der Waals surface area contributed by atoms with E-state index in [0.717, 1.165) is 24.4 Å². The molecule has 142 valence electrons. The van der Waals surface area contributed by atoms with E-state index >= 15 is 0 Å². The fourth-order valence-electron chi connectivity index (χ4n) is 2.92. The standard InChI is InChI=1S/C18H28BN3O4/c1-6-16(23)24-22-11-9-21(10-12-22)15-8-7-14(13-20-15)19-25-17(2,3)18(4,5)26-19/h7-8,13H,6,9-12H2,1-5H3. The lowest BCUT2D eigenvalue weighted by atomic mass is 9.80. The van der Waals surface area contributed by atoms with Crippen molar-refractivity contribution in [2.45, 2.75) is 52.2 Å². The molecule has 0 N–H and O–H groups in total. The predicted octanol–water partition coefficient (Wildman–Crippen LogP) is 1.37. The highest BCUT2D eigenvalue weighted by molar-refractivity contribution is 6.62. The minimum atomic E-state index is -0.396. The normalized spacial score (nSPS) is 22.5. The summed E-state index contributed by atoms with van der Waals surface area (Å²) in [6.45, 7) is 12.8. The van der Waals surface area contributed by atoms with Crippen molar-refractivity contribution < 1.29 is 18.9 Å². The van der Waals surface area contributed by atoms with Gasteiger partial charge in [0.15, 0.2) is 0 Å². The predicted molar refractivity (Wildman–Crippen MR) is 100 cm³/mol. The van der Waals surface area contributed by atoms with Crippen LogP contribution in [0.25, 0.3) is 0 Å². The fourth-order valence-corrected chi connectivity index (χ4v) is 2.92. The van der Waals surface area contributed by atoms with Crippen LogP contribution < -0.4 is 10.4 Å². The molecule has 1 aromatic rings. The first-order valence-electron chi connectivity index (χ1n) is 9.24. The SMILES string of the molecule is CCC(=O)ON1CCN(c2ccc(B3OC(C)(C)C(C)(C)O3)cn2)CC1. The summed E-state index contributed by atoms with van der Waals surface area (Å²) in [5, 5.41) is 1.72. The summed E-state index contributed by atoms with van der Waals surface area (Å²) >= 11 is 0. The van der Waals surface area contributed by atoms with Crippen molar-refractivity contribution in [1.82, 2.24) is 10.0 Å². The van der Waals surface area contributed by atoms with Crippen molar-refractivity contribution in [3.63, 3.8) is 0 Å². The van der Waals surface area contributed by atoms with Crippen LogP contribution >= 0.6 is 0 Å². The molecule has 3 heterocycles. The molecule has 2 saturated heterocycles. The molecule has 0 bridgehead atoms. The lowest BCUT2D eigenvalue weighted by Crippen LogP contribution is -2.47. The molecule has 1 aromatic heterocycles. The zero-order valence-electron chi connectivity index (χ0n) is 16.3. The molecule has 3 rings (SSSR count). The maximum absolute atomic E-state index is 11.4. The number of hydrogen-bond acceptors (Lipinski definition) is 7. The average molecular weight is 361 g/mol. The second kappa shape index (κ2) is 7.17. The Morgan fingerprint density at radius 3 is 2.27 bits per heavy atom. The summed E-state index contributed by atoms with van der Waals surface area (Å²) in [5.74, 6) is 0.718. The minimum Gasteiger partial charge on any atom is -0.399 e. The fraction of sp³-hybridized carbons (Fsp3) is 0.667. The smallest absolute Gasteiger partial charge is 0.399 e. The van der Waals surface area contributed by atoms with Crippen LogP contribution in [-0.4, -0.2) is 60.5 Å². The summed E-state index contributed by atoms with van der Waals surface area (Å²) in [7, 11) is -0.396. The molecule has 2 fully saturated rings. The van der Waals surface area contributed by atoms with Gasteiger partial charge in [0.1, 0.15) is 5.82 Å². The Morgan fingerprint density at radius 1 is 1.15 bits per heavy atom. The monoisotopic (exact) mass is 361 g/mol. The number of nitrogens with zero attached hydrogens (tertiary/aromatic N) is 3. The zero-order chi connectivity index (χ0) is 18.9. The van der Waals surface area contributed by atoms with E-state index in [9.17, 15) is 4.79 Å². The van der Waals surface area contributed by atoms with Crippen LogP contribution in [-0.2, 0) is 18.9 Å². The molecule has 0 radical (unpaired) electrons. The van der Waals surface area contributed by atoms with Gasteiger partial charge < -0.3 is 19.0 Å². The van der Waals surface area contributed by atoms with Crippen molar-refractivity contribution in [3.8, 4) is 0 Å². The first-order chi connectivity index (χ1) is 12.2. The first-order valence-corrected chi connectivity index (χ1v) is 9.24. The van der Waals surface area contributed by atoms with Gasteiger partial charge in [-0.1, -0.05) is 13.0 Å². The van der Waals surface area contributed by atoms with Crippen LogP contribution in [0.4, 0.5) is 5.82 Å². The maximum atomic E-state index is 11.4. The molecule has 0 saturated carbocycles. The summed E-state index contributed by atoms with van der Waals surface area (Å²) in [4.78, 5) is 23.4. The van der Waals surface area contributed by atoms with Gasteiger partial charge in [0, 0.05) is 31.2 Å². The van der Waals surface area contributed by atoms with Gasteiger partial charge in [0.25, 0.3) is 0 Å². The topological polar surface area (TPSA) is 64.1 Å². The molecular weight excluding hydrogens is 333 g/mol. The largest absolute Gasteiger partial charge is 0.496 e. The van der Waals surface area contributed by atoms with Crippen LogP contribution in [0.1, 0.15) is 41.0 Å². The molecule has 0 atom stereocenters. The van der Waals surface area contributed by atoms with E-state index in [4.69, 9.17) is 14.1 Å². The van der Waals surface area contributed by atoms with Gasteiger partial charge in [-0.3, -0.25) is 4.79 Å². The van der Waals surface area contributed by atoms with Gasteiger partial charge in [0.2, 0.25) is 0 Å². The third-order valence-electron chi connectivity index (χ3n) is 5.38. The van der Waals surface area contributed by atoms with Crippen molar-refractivity contribution in [2.75, 3.05) is 31.1 Å². The summed E-state index contributed by atoms with van der Waals surface area (Å²) in [6, 6.07) is 4.00. The molecule has 8 heteroatoms. The highest BCUT2D eigenvalue weighted by atomic mass is 16.7. The number of hydrogen-bond donors (Lipinski definition) is 0. The van der Waals surface area contributed by atoms with E-state index in [1.54, 1.807) is 12.0 Å². The Labute approximate surface area is 155 Å². The average Bonchev–Trinajstić information content (AvgIpc) is 2.83. The lowest BCUT2D eigenvalue weighted by Gasteiger charge is -2.34. The number of anilines is 1. The number of aromatic nitrogens is 1. The second-order valence-corrected chi connectivity index (χ2v) is 7.77. The van der Waals surface area contributed by atoms with Crippen molar-refractivity contribution >= 4 is 24.4 Å². The summed E-state index contributed by atoms with van der Waals surface area (Å²) < 4.78 is 12.1. The number of carbonyl (C=O) groups excluding carboxylic acids is 1. The van der Waals surface area contributed by atoms with Gasteiger partial charge in [0.05, 0.1) is 24.3 Å². The molecule has 0 unspecified atom stereocenters. The Kier molecular flexibility index (Phi) is 5.28. The minimum absolute atomic E-state index is 0.191. The Balaban J connectivity index is 1.58. The molecule has 26 heavy (non-hydrogen) atoms. The molecule has 7 nitrogen and oxygen atoms in total. The molecule has 0 spiro atoms. The van der Waals surface area contributed by atoms with Crippen molar-refractivity contribution in [3.05, 3.63) is 18.3 Å². The molecule has 2 aliphatic heterocycles. The third kappa shape index (κ3) is 3.87. The number of pyridine rings is 1. The van der Waals surface area contributed by atoms with Gasteiger partial charge in [-0.05, 0) is 33.8 Å². The Hall–Kier alpha value is -1.64. The number of carbonyl (C=O) groups is 1. The lowest BCUT2D eigenvalue weighted by molar-refractivity contribution is -0.191. The van der Waals surface area contributed by atoms with Crippen LogP contribution in [0.5, 0.6) is 0 Å². The van der Waals surface area contributed by atoms with Crippen LogP contribution in [0, 0.1) is 0 Å². The molecule has 0 amide bonds. The zero-order valence-corrected chi connectivity index (χ0v) is 16.3. The summed E-state index contributed by atoms with van der Waals surface area (Å²) in [6.07, 6.45) is 2.21. The van der Waals surface area contributed by atoms with Crippen molar-refractivity contribution in [1.29, 1.82) is 0 Å². The number of piperazine rings is 1. The number of hydroxylamine groups is 2. The summed E-state index contributed by atoms with van der Waals surface area (Å²) in [5.41, 5.74) is 0.202. The highest BCUT2D eigenvalue weighted by Crippen LogP contribution is 2.36. The molecule has 0 aromatic carbocycles. The van der Waals surface area contributed by atoms with Crippen molar-refractivity contribution in [2.24, 2.45) is 0 Å².